The van der Waals surface area contributed by atoms with E-state index >= 15 is 0 Å². The molecule has 0 aromatic heterocycles. The summed E-state index contributed by atoms with van der Waals surface area (Å²) in [7, 11) is 0. The largest absolute Gasteiger partial charge is 0.481 e. The van der Waals surface area contributed by atoms with E-state index in [1.807, 2.05) is 31.2 Å². The average Bonchev–Trinajstić information content (AvgIpc) is 2.82. The standard InChI is InChI=1S/C26H25F3N2O3/c1-18(21-9-5-19(6-10-21)16-30-14-13-25(32)33)31-34-17-20-7-11-22(12-8-20)23-3-2-4-24(15-23)26(27,28)29/h2-12,15,30H,13-14,16-17H2,1H3,(H,32,33). The number of nitrogens with one attached hydrogen (secondary N) is 1. The molecule has 0 bridgehead atoms. The van der Waals surface area contributed by atoms with Gasteiger partial charge in [-0.05, 0) is 46.9 Å². The monoisotopic (exact) mass is 470 g/mol. The quantitative estimate of drug-likeness (QED) is 0.221. The number of nitrogens with zero attached hydrogens (tertiary/aromatic N) is 1. The Morgan fingerprint density at radius 1 is 0.971 bits per heavy atom. The van der Waals surface area contributed by atoms with Crippen LogP contribution in [0.1, 0.15) is 35.6 Å². The van der Waals surface area contributed by atoms with E-state index in [4.69, 9.17) is 9.94 Å². The summed E-state index contributed by atoms with van der Waals surface area (Å²) in [5.74, 6) is -0.832. The maximum Gasteiger partial charge on any atom is 0.416 e. The number of carboxylic acids is 1. The fourth-order valence-corrected chi connectivity index (χ4v) is 3.22. The summed E-state index contributed by atoms with van der Waals surface area (Å²) in [6.07, 6.45) is -4.30. The lowest BCUT2D eigenvalue weighted by molar-refractivity contribution is -0.138. The van der Waals surface area contributed by atoms with E-state index in [1.165, 1.54) is 6.07 Å². The minimum atomic E-state index is -4.38. The number of hydrogen-bond acceptors (Lipinski definition) is 4. The van der Waals surface area contributed by atoms with Crippen molar-refractivity contribution in [3.63, 3.8) is 0 Å². The molecule has 34 heavy (non-hydrogen) atoms. The molecule has 2 N–H and O–H groups in total. The van der Waals surface area contributed by atoms with Crippen LogP contribution in [0.3, 0.4) is 0 Å². The highest BCUT2D eigenvalue weighted by Gasteiger charge is 2.30. The van der Waals surface area contributed by atoms with Crippen molar-refractivity contribution in [1.82, 2.24) is 5.32 Å². The molecular formula is C26H25F3N2O3. The maximum atomic E-state index is 12.9. The Hall–Kier alpha value is -3.65. The van der Waals surface area contributed by atoms with Crippen molar-refractivity contribution in [2.75, 3.05) is 6.54 Å². The molecule has 0 saturated heterocycles. The summed E-state index contributed by atoms with van der Waals surface area (Å²) in [6, 6.07) is 20.1. The third-order valence-corrected chi connectivity index (χ3v) is 5.13. The van der Waals surface area contributed by atoms with Crippen LogP contribution in [0.15, 0.2) is 78.0 Å². The molecule has 0 unspecified atom stereocenters. The highest BCUT2D eigenvalue weighted by Crippen LogP contribution is 2.32. The van der Waals surface area contributed by atoms with E-state index < -0.39 is 17.7 Å². The summed E-state index contributed by atoms with van der Waals surface area (Å²) in [6.45, 7) is 3.05. The van der Waals surface area contributed by atoms with Crippen molar-refractivity contribution in [1.29, 1.82) is 0 Å². The number of oxime groups is 1. The number of alkyl halides is 3. The Balaban J connectivity index is 1.52. The van der Waals surface area contributed by atoms with E-state index in [2.05, 4.69) is 10.5 Å². The molecule has 0 atom stereocenters. The van der Waals surface area contributed by atoms with Gasteiger partial charge in [-0.3, -0.25) is 4.79 Å². The number of benzene rings is 3. The Kier molecular flexibility index (Phi) is 8.43. The topological polar surface area (TPSA) is 70.9 Å². The van der Waals surface area contributed by atoms with Crippen LogP contribution in [0.2, 0.25) is 0 Å². The molecular weight excluding hydrogens is 445 g/mol. The predicted molar refractivity (Wildman–Crippen MR) is 124 cm³/mol. The Morgan fingerprint density at radius 3 is 2.29 bits per heavy atom. The highest BCUT2D eigenvalue weighted by molar-refractivity contribution is 5.98. The van der Waals surface area contributed by atoms with Gasteiger partial charge in [0.05, 0.1) is 17.7 Å². The first-order valence-corrected chi connectivity index (χ1v) is 10.7. The van der Waals surface area contributed by atoms with Crippen LogP contribution in [-0.4, -0.2) is 23.3 Å². The van der Waals surface area contributed by atoms with Crippen molar-refractivity contribution < 1.29 is 27.9 Å². The third-order valence-electron chi connectivity index (χ3n) is 5.13. The smallest absolute Gasteiger partial charge is 0.416 e. The van der Waals surface area contributed by atoms with E-state index in [-0.39, 0.29) is 13.0 Å². The summed E-state index contributed by atoms with van der Waals surface area (Å²) in [4.78, 5) is 16.0. The van der Waals surface area contributed by atoms with Gasteiger partial charge < -0.3 is 15.3 Å². The van der Waals surface area contributed by atoms with Crippen molar-refractivity contribution in [3.8, 4) is 11.1 Å². The Bertz CT molecular complexity index is 1130. The summed E-state index contributed by atoms with van der Waals surface area (Å²) in [5.41, 5.74) is 3.98. The van der Waals surface area contributed by atoms with Crippen LogP contribution in [-0.2, 0) is 29.0 Å². The van der Waals surface area contributed by atoms with Crippen molar-refractivity contribution in [3.05, 3.63) is 95.1 Å². The van der Waals surface area contributed by atoms with Gasteiger partial charge in [0, 0.05) is 13.1 Å². The van der Waals surface area contributed by atoms with Crippen molar-refractivity contribution in [2.24, 2.45) is 5.16 Å². The van der Waals surface area contributed by atoms with Crippen LogP contribution in [0.5, 0.6) is 0 Å². The SMILES string of the molecule is CC(=NOCc1ccc(-c2cccc(C(F)(F)F)c2)cc1)c1ccc(CNCCC(=O)O)cc1. The first-order valence-electron chi connectivity index (χ1n) is 10.7. The van der Waals surface area contributed by atoms with Gasteiger partial charge in [0.1, 0.15) is 6.61 Å². The van der Waals surface area contributed by atoms with E-state index in [0.717, 1.165) is 28.8 Å². The molecule has 0 aliphatic heterocycles. The van der Waals surface area contributed by atoms with Crippen LogP contribution in [0.4, 0.5) is 13.2 Å². The molecule has 0 radical (unpaired) electrons. The number of aliphatic carboxylic acids is 1. The molecule has 0 heterocycles. The number of halogens is 3. The lowest BCUT2D eigenvalue weighted by atomic mass is 10.0. The van der Waals surface area contributed by atoms with Gasteiger partial charge in [-0.2, -0.15) is 13.2 Å². The first kappa shape index (κ1) is 25.0. The Labute approximate surface area is 195 Å². The molecule has 0 fully saturated rings. The molecule has 0 amide bonds. The van der Waals surface area contributed by atoms with E-state index in [1.54, 1.807) is 30.3 Å². The maximum absolute atomic E-state index is 12.9. The fourth-order valence-electron chi connectivity index (χ4n) is 3.22. The lowest BCUT2D eigenvalue weighted by Gasteiger charge is -2.09. The van der Waals surface area contributed by atoms with Gasteiger partial charge in [-0.15, -0.1) is 0 Å². The molecule has 0 spiro atoms. The average molecular weight is 470 g/mol. The Morgan fingerprint density at radius 2 is 1.65 bits per heavy atom. The predicted octanol–water partition coefficient (Wildman–Crippen LogP) is 5.88. The number of carbonyl (C=O) groups is 1. The minimum absolute atomic E-state index is 0.0785. The molecule has 8 heteroatoms. The number of rotatable bonds is 10. The number of carboxylic acid groups (broad SMARTS) is 1. The van der Waals surface area contributed by atoms with Gasteiger partial charge in [-0.1, -0.05) is 65.8 Å². The van der Waals surface area contributed by atoms with Crippen LogP contribution in [0.25, 0.3) is 11.1 Å². The molecule has 0 saturated carbocycles. The molecule has 5 nitrogen and oxygen atoms in total. The lowest BCUT2D eigenvalue weighted by Crippen LogP contribution is -2.17. The normalized spacial score (nSPS) is 11.9. The second kappa shape index (κ2) is 11.5. The highest BCUT2D eigenvalue weighted by atomic mass is 19.4. The van der Waals surface area contributed by atoms with E-state index in [9.17, 15) is 18.0 Å². The van der Waals surface area contributed by atoms with E-state index in [0.29, 0.717) is 29.9 Å². The zero-order chi connectivity index (χ0) is 24.6. The fraction of sp³-hybridized carbons (Fsp3) is 0.231. The van der Waals surface area contributed by atoms with Gasteiger partial charge in [0.2, 0.25) is 0 Å². The minimum Gasteiger partial charge on any atom is -0.481 e. The summed E-state index contributed by atoms with van der Waals surface area (Å²) in [5, 5.41) is 15.9. The molecule has 3 aromatic rings. The second-order valence-electron chi connectivity index (χ2n) is 7.74. The molecule has 3 aromatic carbocycles. The third kappa shape index (κ3) is 7.45. The van der Waals surface area contributed by atoms with Gasteiger partial charge in [0.15, 0.2) is 0 Å². The molecule has 0 aliphatic carbocycles. The van der Waals surface area contributed by atoms with Crippen LogP contribution >= 0.6 is 0 Å². The second-order valence-corrected chi connectivity index (χ2v) is 7.74. The summed E-state index contributed by atoms with van der Waals surface area (Å²) < 4.78 is 38.8. The van der Waals surface area contributed by atoms with Crippen molar-refractivity contribution >= 4 is 11.7 Å². The zero-order valence-electron chi connectivity index (χ0n) is 18.6. The summed E-state index contributed by atoms with van der Waals surface area (Å²) >= 11 is 0. The molecule has 178 valence electrons. The van der Waals surface area contributed by atoms with Crippen molar-refractivity contribution in [2.45, 2.75) is 32.7 Å². The number of hydrogen-bond donors (Lipinski definition) is 2. The first-order chi connectivity index (χ1) is 16.2. The zero-order valence-corrected chi connectivity index (χ0v) is 18.6. The van der Waals surface area contributed by atoms with Gasteiger partial charge in [-0.25, -0.2) is 0 Å². The van der Waals surface area contributed by atoms with Crippen LogP contribution < -0.4 is 5.32 Å². The van der Waals surface area contributed by atoms with Gasteiger partial charge >= 0.3 is 12.1 Å². The van der Waals surface area contributed by atoms with Gasteiger partial charge in [0.25, 0.3) is 0 Å². The molecule has 0 aliphatic rings. The molecule has 3 rings (SSSR count). The van der Waals surface area contributed by atoms with Crippen LogP contribution in [0, 0.1) is 0 Å².